The molecule has 0 spiro atoms. The zero-order valence-corrected chi connectivity index (χ0v) is 19.4. The Morgan fingerprint density at radius 1 is 1.18 bits per heavy atom. The second-order valence-corrected chi connectivity index (χ2v) is 10.0. The number of rotatable bonds is 6. The third-order valence-corrected chi connectivity index (χ3v) is 6.59. The Morgan fingerprint density at radius 2 is 1.97 bits per heavy atom. The van der Waals surface area contributed by atoms with E-state index in [2.05, 4.69) is 34.5 Å². The molecule has 0 unspecified atom stereocenters. The molecular formula is C26H33N3O4. The van der Waals surface area contributed by atoms with Crippen LogP contribution in [0.2, 0.25) is 0 Å². The number of nitrogens with zero attached hydrogens (tertiary/aromatic N) is 2. The molecular weight excluding hydrogens is 418 g/mol. The van der Waals surface area contributed by atoms with E-state index in [9.17, 15) is 9.90 Å². The number of hydrogen-bond acceptors (Lipinski definition) is 6. The van der Waals surface area contributed by atoms with Crippen molar-refractivity contribution in [1.82, 2.24) is 15.1 Å². The minimum atomic E-state index is -0.634. The summed E-state index contributed by atoms with van der Waals surface area (Å²) in [5, 5.41) is 14.1. The normalized spacial score (nSPS) is 21.3. The zero-order valence-electron chi connectivity index (χ0n) is 19.4. The molecule has 2 N–H and O–H groups in total. The van der Waals surface area contributed by atoms with Gasteiger partial charge in [-0.25, -0.2) is 0 Å². The molecule has 0 aromatic heterocycles. The Kier molecular flexibility index (Phi) is 6.03. The molecule has 5 rings (SSSR count). The van der Waals surface area contributed by atoms with E-state index in [1.807, 2.05) is 26.0 Å². The van der Waals surface area contributed by atoms with Crippen LogP contribution < -0.4 is 14.8 Å². The van der Waals surface area contributed by atoms with Crippen LogP contribution in [0.5, 0.6) is 11.5 Å². The van der Waals surface area contributed by atoms with Crippen molar-refractivity contribution in [3.63, 3.8) is 0 Å². The molecule has 2 aromatic rings. The van der Waals surface area contributed by atoms with Crippen molar-refractivity contribution in [3.8, 4) is 11.5 Å². The molecule has 0 saturated carbocycles. The Morgan fingerprint density at radius 3 is 2.73 bits per heavy atom. The van der Waals surface area contributed by atoms with Gasteiger partial charge < -0.3 is 24.8 Å². The van der Waals surface area contributed by atoms with Crippen molar-refractivity contribution >= 4 is 5.91 Å². The summed E-state index contributed by atoms with van der Waals surface area (Å²) in [7, 11) is 0. The first-order valence-corrected chi connectivity index (χ1v) is 11.8. The standard InChI is InChI=1S/C26H33N3O4/c1-26(2)17-29(16-20(30)15-28-10-9-18-5-3-4-6-19(18)14-28)25(31)23-8-7-21(11-24(23)33-26)32-22-12-27-13-22/h3-8,11,20,22,27,30H,9-10,12-17H2,1-2H3/t20-/m1/s1. The lowest BCUT2D eigenvalue weighted by Gasteiger charge is -2.33. The Hall–Kier alpha value is -2.61. The smallest absolute Gasteiger partial charge is 0.257 e. The first-order chi connectivity index (χ1) is 15.9. The second-order valence-electron chi connectivity index (χ2n) is 10.0. The minimum absolute atomic E-state index is 0.115. The van der Waals surface area contributed by atoms with E-state index in [0.717, 1.165) is 32.6 Å². The van der Waals surface area contributed by atoms with Crippen molar-refractivity contribution in [2.75, 3.05) is 39.3 Å². The summed E-state index contributed by atoms with van der Waals surface area (Å²) in [4.78, 5) is 17.4. The molecule has 176 valence electrons. The minimum Gasteiger partial charge on any atom is -0.488 e. The van der Waals surface area contributed by atoms with Gasteiger partial charge in [-0.05, 0) is 43.5 Å². The van der Waals surface area contributed by atoms with Crippen LogP contribution >= 0.6 is 0 Å². The van der Waals surface area contributed by atoms with Gasteiger partial charge in [0.2, 0.25) is 0 Å². The van der Waals surface area contributed by atoms with E-state index in [-0.39, 0.29) is 18.6 Å². The summed E-state index contributed by atoms with van der Waals surface area (Å²) in [6, 6.07) is 13.9. The van der Waals surface area contributed by atoms with Gasteiger partial charge in [0, 0.05) is 45.3 Å². The average Bonchev–Trinajstić information content (AvgIpc) is 2.83. The summed E-state index contributed by atoms with van der Waals surface area (Å²) >= 11 is 0. The first kappa shape index (κ1) is 22.2. The number of carbonyl (C=O) groups is 1. The second kappa shape index (κ2) is 8.97. The van der Waals surface area contributed by atoms with Gasteiger partial charge in [0.1, 0.15) is 23.2 Å². The molecule has 1 fully saturated rings. The monoisotopic (exact) mass is 451 g/mol. The molecule has 0 aliphatic carbocycles. The molecule has 0 radical (unpaired) electrons. The highest BCUT2D eigenvalue weighted by molar-refractivity contribution is 5.97. The number of aliphatic hydroxyl groups is 1. The predicted molar refractivity (Wildman–Crippen MR) is 126 cm³/mol. The molecule has 3 aliphatic heterocycles. The van der Waals surface area contributed by atoms with Crippen LogP contribution in [0, 0.1) is 0 Å². The summed E-state index contributed by atoms with van der Waals surface area (Å²) in [5.41, 5.74) is 2.64. The fourth-order valence-electron chi connectivity index (χ4n) is 4.87. The number of aliphatic hydroxyl groups excluding tert-OH is 1. The molecule has 3 aliphatic rings. The maximum Gasteiger partial charge on any atom is 0.257 e. The number of β-amino-alcohol motifs (C(OH)–C–C–N with tert-alkyl or cyclic N) is 1. The summed E-state index contributed by atoms with van der Waals surface area (Å²) in [6.45, 7) is 8.57. The average molecular weight is 452 g/mol. The van der Waals surface area contributed by atoms with Crippen molar-refractivity contribution in [2.24, 2.45) is 0 Å². The Bertz CT molecular complexity index is 1020. The number of hydrogen-bond donors (Lipinski definition) is 2. The van der Waals surface area contributed by atoms with Gasteiger partial charge >= 0.3 is 0 Å². The Labute approximate surface area is 195 Å². The first-order valence-electron chi connectivity index (χ1n) is 11.8. The molecule has 1 amide bonds. The maximum absolute atomic E-state index is 13.4. The van der Waals surface area contributed by atoms with Gasteiger partial charge in [0.05, 0.1) is 18.2 Å². The van der Waals surface area contributed by atoms with Gasteiger partial charge in [-0.1, -0.05) is 24.3 Å². The van der Waals surface area contributed by atoms with E-state index >= 15 is 0 Å². The predicted octanol–water partition coefficient (Wildman–Crippen LogP) is 2.07. The molecule has 0 bridgehead atoms. The van der Waals surface area contributed by atoms with Crippen LogP contribution in [0.25, 0.3) is 0 Å². The summed E-state index contributed by atoms with van der Waals surface area (Å²) in [5.74, 6) is 1.14. The number of fused-ring (bicyclic) bond motifs is 2. The van der Waals surface area contributed by atoms with Gasteiger partial charge in [-0.3, -0.25) is 9.69 Å². The van der Waals surface area contributed by atoms with E-state index in [1.165, 1.54) is 11.1 Å². The highest BCUT2D eigenvalue weighted by atomic mass is 16.5. The fourth-order valence-corrected chi connectivity index (χ4v) is 4.87. The third kappa shape index (κ3) is 5.00. The number of nitrogens with one attached hydrogen (secondary N) is 1. The Balaban J connectivity index is 1.26. The van der Waals surface area contributed by atoms with Crippen LogP contribution in [0.4, 0.5) is 0 Å². The van der Waals surface area contributed by atoms with Gasteiger partial charge in [0.25, 0.3) is 5.91 Å². The largest absolute Gasteiger partial charge is 0.488 e. The maximum atomic E-state index is 13.4. The third-order valence-electron chi connectivity index (χ3n) is 6.59. The molecule has 2 aromatic carbocycles. The molecule has 33 heavy (non-hydrogen) atoms. The summed E-state index contributed by atoms with van der Waals surface area (Å²) in [6.07, 6.45) is 0.511. The number of amides is 1. The van der Waals surface area contributed by atoms with Crippen molar-refractivity contribution in [1.29, 1.82) is 0 Å². The highest BCUT2D eigenvalue weighted by Gasteiger charge is 2.35. The van der Waals surface area contributed by atoms with Crippen LogP contribution in [0.3, 0.4) is 0 Å². The molecule has 3 heterocycles. The zero-order chi connectivity index (χ0) is 23.0. The topological polar surface area (TPSA) is 74.3 Å². The molecule has 1 atom stereocenters. The van der Waals surface area contributed by atoms with Gasteiger partial charge in [-0.15, -0.1) is 0 Å². The van der Waals surface area contributed by atoms with Gasteiger partial charge in [-0.2, -0.15) is 0 Å². The van der Waals surface area contributed by atoms with Crippen molar-refractivity contribution in [2.45, 2.75) is 44.6 Å². The van der Waals surface area contributed by atoms with Crippen LogP contribution in [-0.4, -0.2) is 77.9 Å². The number of benzene rings is 2. The van der Waals surface area contributed by atoms with E-state index in [0.29, 0.717) is 30.2 Å². The van der Waals surface area contributed by atoms with E-state index in [4.69, 9.17) is 9.47 Å². The van der Waals surface area contributed by atoms with Crippen LogP contribution in [-0.2, 0) is 13.0 Å². The van der Waals surface area contributed by atoms with Crippen LogP contribution in [0.15, 0.2) is 42.5 Å². The SMILES string of the molecule is CC1(C)CN(C[C@H](O)CN2CCc3ccccc3C2)C(=O)c2ccc(OC3CNC3)cc2O1. The molecule has 7 nitrogen and oxygen atoms in total. The van der Waals surface area contributed by atoms with Crippen molar-refractivity contribution in [3.05, 3.63) is 59.2 Å². The van der Waals surface area contributed by atoms with Crippen LogP contribution in [0.1, 0.15) is 35.3 Å². The van der Waals surface area contributed by atoms with Crippen molar-refractivity contribution < 1.29 is 19.4 Å². The lowest BCUT2D eigenvalue weighted by molar-refractivity contribution is 0.0287. The molecule has 1 saturated heterocycles. The van der Waals surface area contributed by atoms with E-state index in [1.54, 1.807) is 11.0 Å². The quantitative estimate of drug-likeness (QED) is 0.701. The fraction of sp³-hybridized carbons (Fsp3) is 0.500. The highest BCUT2D eigenvalue weighted by Crippen LogP contribution is 2.33. The summed E-state index contributed by atoms with van der Waals surface area (Å²) < 4.78 is 12.2. The number of ether oxygens (including phenoxy) is 2. The lowest BCUT2D eigenvalue weighted by Crippen LogP contribution is -2.50. The lowest BCUT2D eigenvalue weighted by atomic mass is 9.99. The van der Waals surface area contributed by atoms with Gasteiger partial charge in [0.15, 0.2) is 0 Å². The van der Waals surface area contributed by atoms with E-state index < -0.39 is 11.7 Å². The molecule has 7 heteroatoms. The number of carbonyl (C=O) groups excluding carboxylic acids is 1.